The molecular weight excluding hydrogens is 304 g/mol. The normalized spacial score (nSPS) is 17.0. The van der Waals surface area contributed by atoms with Gasteiger partial charge in [-0.2, -0.15) is 0 Å². The highest BCUT2D eigenvalue weighted by Crippen LogP contribution is 2.22. The summed E-state index contributed by atoms with van der Waals surface area (Å²) in [6.07, 6.45) is 26.2. The van der Waals surface area contributed by atoms with E-state index < -0.39 is 0 Å². The summed E-state index contributed by atoms with van der Waals surface area (Å²) < 4.78 is 0. The third kappa shape index (κ3) is 10.2. The number of hydrogen-bond acceptors (Lipinski definition) is 2. The highest BCUT2D eigenvalue weighted by atomic mass is 15.4. The van der Waals surface area contributed by atoms with Gasteiger partial charge >= 0.3 is 0 Å². The molecule has 148 valence electrons. The van der Waals surface area contributed by atoms with Gasteiger partial charge in [-0.3, -0.25) is 0 Å². The van der Waals surface area contributed by atoms with E-state index in [-0.39, 0.29) is 0 Å². The number of unbranched alkanes of at least 4 members (excludes halogenated alkanes) is 11. The lowest BCUT2D eigenvalue weighted by atomic mass is 10.1. The van der Waals surface area contributed by atoms with E-state index in [0.29, 0.717) is 6.17 Å². The molecule has 0 fully saturated rings. The summed E-state index contributed by atoms with van der Waals surface area (Å²) in [5, 5.41) is 0. The summed E-state index contributed by atoms with van der Waals surface area (Å²) in [4.78, 5) is 5.23. The highest BCUT2D eigenvalue weighted by Gasteiger charge is 2.24. The minimum Gasteiger partial charge on any atom is -0.356 e. The molecule has 25 heavy (non-hydrogen) atoms. The molecule has 2 heteroatoms. The molecule has 1 heterocycles. The van der Waals surface area contributed by atoms with Crippen molar-refractivity contribution in [2.75, 3.05) is 13.1 Å². The Kier molecular flexibility index (Phi) is 14.0. The number of hydrogen-bond donors (Lipinski definition) is 0. The first-order valence-corrected chi connectivity index (χ1v) is 11.5. The van der Waals surface area contributed by atoms with E-state index in [1.807, 2.05) is 0 Å². The van der Waals surface area contributed by atoms with Gasteiger partial charge in [0.15, 0.2) is 0 Å². The van der Waals surface area contributed by atoms with Crippen LogP contribution in [0.2, 0.25) is 0 Å². The first-order valence-electron chi connectivity index (χ1n) is 11.5. The van der Waals surface area contributed by atoms with E-state index >= 15 is 0 Å². The minimum atomic E-state index is 0.640. The lowest BCUT2D eigenvalue weighted by molar-refractivity contribution is 0.138. The summed E-state index contributed by atoms with van der Waals surface area (Å²) in [6, 6.07) is 0. The Bertz CT molecular complexity index is 313. The monoisotopic (exact) mass is 350 g/mol. The number of nitrogens with zero attached hydrogens (tertiary/aromatic N) is 2. The van der Waals surface area contributed by atoms with Crippen LogP contribution in [0.25, 0.3) is 0 Å². The third-order valence-electron chi connectivity index (χ3n) is 5.55. The molecule has 0 bridgehead atoms. The quantitative estimate of drug-likeness (QED) is 0.254. The van der Waals surface area contributed by atoms with Crippen molar-refractivity contribution >= 4 is 0 Å². The first kappa shape index (κ1) is 22.4. The summed E-state index contributed by atoms with van der Waals surface area (Å²) in [7, 11) is 0. The van der Waals surface area contributed by atoms with Crippen LogP contribution < -0.4 is 0 Å². The average molecular weight is 351 g/mol. The van der Waals surface area contributed by atoms with Gasteiger partial charge in [0.1, 0.15) is 6.17 Å². The zero-order valence-corrected chi connectivity index (χ0v) is 17.6. The van der Waals surface area contributed by atoms with E-state index in [1.54, 1.807) is 0 Å². The topological polar surface area (TPSA) is 6.48 Å². The molecular formula is C23H46N2. The van der Waals surface area contributed by atoms with Crippen molar-refractivity contribution in [3.8, 4) is 0 Å². The fourth-order valence-corrected chi connectivity index (χ4v) is 3.92. The van der Waals surface area contributed by atoms with E-state index in [1.165, 1.54) is 109 Å². The van der Waals surface area contributed by atoms with Gasteiger partial charge in [0.2, 0.25) is 0 Å². The molecule has 1 unspecified atom stereocenters. The Morgan fingerprint density at radius 3 is 1.32 bits per heavy atom. The lowest BCUT2D eigenvalue weighted by Gasteiger charge is -2.33. The van der Waals surface area contributed by atoms with Crippen LogP contribution in [0.3, 0.4) is 0 Å². The first-order chi connectivity index (χ1) is 12.3. The fraction of sp³-hybridized carbons (Fsp3) is 0.913. The van der Waals surface area contributed by atoms with Crippen LogP contribution in [-0.4, -0.2) is 29.1 Å². The Hall–Kier alpha value is -0.660. The molecule has 1 aliphatic rings. The Labute approximate surface area is 159 Å². The lowest BCUT2D eigenvalue weighted by Crippen LogP contribution is -2.39. The van der Waals surface area contributed by atoms with Crippen molar-refractivity contribution in [2.45, 2.75) is 123 Å². The summed E-state index contributed by atoms with van der Waals surface area (Å²) in [5.74, 6) is 0. The van der Waals surface area contributed by atoms with Gasteiger partial charge < -0.3 is 9.80 Å². The highest BCUT2D eigenvalue weighted by molar-refractivity contribution is 4.96. The van der Waals surface area contributed by atoms with Crippen LogP contribution in [0.1, 0.15) is 117 Å². The Morgan fingerprint density at radius 2 is 0.920 bits per heavy atom. The van der Waals surface area contributed by atoms with Gasteiger partial charge in [-0.15, -0.1) is 0 Å². The smallest absolute Gasteiger partial charge is 0.101 e. The molecule has 2 nitrogen and oxygen atoms in total. The van der Waals surface area contributed by atoms with Crippen LogP contribution in [0, 0.1) is 0 Å². The molecule has 0 spiro atoms. The van der Waals surface area contributed by atoms with Crippen LogP contribution in [-0.2, 0) is 0 Å². The molecule has 0 aromatic carbocycles. The molecule has 0 radical (unpaired) electrons. The Morgan fingerprint density at radius 1 is 0.520 bits per heavy atom. The molecule has 0 N–H and O–H groups in total. The molecule has 0 amide bonds. The van der Waals surface area contributed by atoms with Crippen LogP contribution in [0.5, 0.6) is 0 Å². The standard InChI is InChI=1S/C23H46N2/c1-4-7-9-11-13-15-17-20-25-22-21-24(23(25)18-6-3)19-16-14-12-10-8-5-2/h21-23H,4-20H2,1-3H3. The second-order valence-corrected chi connectivity index (χ2v) is 7.93. The maximum Gasteiger partial charge on any atom is 0.101 e. The zero-order valence-electron chi connectivity index (χ0n) is 17.6. The van der Waals surface area contributed by atoms with Crippen molar-refractivity contribution in [3.05, 3.63) is 12.4 Å². The zero-order chi connectivity index (χ0) is 18.2. The van der Waals surface area contributed by atoms with E-state index in [4.69, 9.17) is 0 Å². The summed E-state index contributed by atoms with van der Waals surface area (Å²) in [5.41, 5.74) is 0. The summed E-state index contributed by atoms with van der Waals surface area (Å²) >= 11 is 0. The van der Waals surface area contributed by atoms with Crippen LogP contribution in [0.4, 0.5) is 0 Å². The molecule has 0 aromatic heterocycles. The van der Waals surface area contributed by atoms with Crippen molar-refractivity contribution < 1.29 is 0 Å². The fourth-order valence-electron chi connectivity index (χ4n) is 3.92. The predicted molar refractivity (Wildman–Crippen MR) is 113 cm³/mol. The molecule has 0 aliphatic carbocycles. The van der Waals surface area contributed by atoms with Crippen molar-refractivity contribution in [1.29, 1.82) is 0 Å². The molecule has 0 saturated heterocycles. The molecule has 1 rings (SSSR count). The average Bonchev–Trinajstić information content (AvgIpc) is 2.99. The minimum absolute atomic E-state index is 0.640. The third-order valence-corrected chi connectivity index (χ3v) is 5.55. The molecule has 1 atom stereocenters. The molecule has 1 aliphatic heterocycles. The van der Waals surface area contributed by atoms with E-state index in [9.17, 15) is 0 Å². The van der Waals surface area contributed by atoms with Gasteiger partial charge in [0.25, 0.3) is 0 Å². The molecule has 0 aromatic rings. The van der Waals surface area contributed by atoms with Gasteiger partial charge in [0, 0.05) is 25.5 Å². The van der Waals surface area contributed by atoms with E-state index in [2.05, 4.69) is 43.0 Å². The van der Waals surface area contributed by atoms with Crippen LogP contribution in [0.15, 0.2) is 12.4 Å². The Balaban J connectivity index is 2.16. The number of rotatable bonds is 17. The van der Waals surface area contributed by atoms with Crippen molar-refractivity contribution in [1.82, 2.24) is 9.80 Å². The predicted octanol–water partition coefficient (Wildman–Crippen LogP) is 7.31. The maximum absolute atomic E-state index is 2.62. The van der Waals surface area contributed by atoms with Crippen molar-refractivity contribution in [2.24, 2.45) is 0 Å². The van der Waals surface area contributed by atoms with Crippen LogP contribution >= 0.6 is 0 Å². The van der Waals surface area contributed by atoms with E-state index in [0.717, 1.165) is 0 Å². The second-order valence-electron chi connectivity index (χ2n) is 7.93. The van der Waals surface area contributed by atoms with Gasteiger partial charge in [-0.05, 0) is 19.3 Å². The molecule has 0 saturated carbocycles. The second kappa shape index (κ2) is 15.6. The van der Waals surface area contributed by atoms with Gasteiger partial charge in [0.05, 0.1) is 0 Å². The SMILES string of the molecule is CCCCCCCCCN1C=CN(CCCCCCCC)C1CCC. The maximum atomic E-state index is 2.62. The van der Waals surface area contributed by atoms with Gasteiger partial charge in [-0.1, -0.05) is 97.8 Å². The largest absolute Gasteiger partial charge is 0.356 e. The van der Waals surface area contributed by atoms with Gasteiger partial charge in [-0.25, -0.2) is 0 Å². The summed E-state index contributed by atoms with van der Waals surface area (Å²) in [6.45, 7) is 9.42. The van der Waals surface area contributed by atoms with Crippen molar-refractivity contribution in [3.63, 3.8) is 0 Å².